The molecule has 0 fully saturated rings. The van der Waals surface area contributed by atoms with Crippen molar-refractivity contribution >= 4 is 11.6 Å². The van der Waals surface area contributed by atoms with Crippen LogP contribution in [0.1, 0.15) is 38.8 Å². The fourth-order valence-electron chi connectivity index (χ4n) is 2.50. The van der Waals surface area contributed by atoms with Gasteiger partial charge in [-0.25, -0.2) is 0 Å². The molecule has 0 saturated heterocycles. The largest absolute Gasteiger partial charge is 0.330 e. The summed E-state index contributed by atoms with van der Waals surface area (Å²) in [6.07, 6.45) is 1.18. The fourth-order valence-corrected chi connectivity index (χ4v) is 2.70. The molecule has 0 bridgehead atoms. The van der Waals surface area contributed by atoms with Gasteiger partial charge in [0, 0.05) is 17.6 Å². The third-order valence-corrected chi connectivity index (χ3v) is 3.91. The average Bonchev–Trinajstić information content (AvgIpc) is 2.36. The van der Waals surface area contributed by atoms with Gasteiger partial charge in [0.1, 0.15) is 0 Å². The van der Waals surface area contributed by atoms with Crippen LogP contribution in [0.5, 0.6) is 0 Å². The molecule has 3 heteroatoms. The molecule has 0 aromatic heterocycles. The molecule has 108 valence electrons. The summed E-state index contributed by atoms with van der Waals surface area (Å²) in [7, 11) is 2.16. The summed E-state index contributed by atoms with van der Waals surface area (Å²) in [6.45, 7) is 8.51. The predicted octanol–water partition coefficient (Wildman–Crippen LogP) is 3.95. The van der Waals surface area contributed by atoms with Crippen molar-refractivity contribution in [3.8, 4) is 0 Å². The predicted molar refractivity (Wildman–Crippen MR) is 84.5 cm³/mol. The molecule has 0 aliphatic carbocycles. The summed E-state index contributed by atoms with van der Waals surface area (Å²) in [6, 6.07) is 8.46. The molecular formula is C16H27ClN2. The van der Waals surface area contributed by atoms with E-state index in [4.69, 9.17) is 17.3 Å². The molecule has 0 amide bonds. The highest BCUT2D eigenvalue weighted by Gasteiger charge is 2.17. The molecule has 19 heavy (non-hydrogen) atoms. The van der Waals surface area contributed by atoms with Gasteiger partial charge in [0.2, 0.25) is 0 Å². The zero-order valence-electron chi connectivity index (χ0n) is 12.6. The summed E-state index contributed by atoms with van der Waals surface area (Å²) in [4.78, 5) is 2.37. The van der Waals surface area contributed by atoms with Crippen molar-refractivity contribution in [1.82, 2.24) is 4.90 Å². The van der Waals surface area contributed by atoms with E-state index in [0.29, 0.717) is 17.9 Å². The van der Waals surface area contributed by atoms with Gasteiger partial charge >= 0.3 is 0 Å². The zero-order chi connectivity index (χ0) is 14.4. The Labute approximate surface area is 122 Å². The van der Waals surface area contributed by atoms with Crippen LogP contribution >= 0.6 is 11.6 Å². The Hall–Kier alpha value is -0.570. The van der Waals surface area contributed by atoms with Gasteiger partial charge in [-0.15, -0.1) is 0 Å². The van der Waals surface area contributed by atoms with Gasteiger partial charge < -0.3 is 5.73 Å². The summed E-state index contributed by atoms with van der Waals surface area (Å²) in [5.41, 5.74) is 7.14. The molecule has 2 nitrogen and oxygen atoms in total. The van der Waals surface area contributed by atoms with Crippen LogP contribution in [0.4, 0.5) is 0 Å². The number of benzene rings is 1. The summed E-state index contributed by atoms with van der Waals surface area (Å²) >= 11 is 6.06. The lowest BCUT2D eigenvalue weighted by molar-refractivity contribution is 0.207. The van der Waals surface area contributed by atoms with Crippen molar-refractivity contribution in [1.29, 1.82) is 0 Å². The van der Waals surface area contributed by atoms with Crippen LogP contribution in [0.3, 0.4) is 0 Å². The topological polar surface area (TPSA) is 29.3 Å². The monoisotopic (exact) mass is 282 g/mol. The molecule has 0 aliphatic rings. The zero-order valence-corrected chi connectivity index (χ0v) is 13.3. The standard InChI is InChI=1S/C16H27ClN2/c1-12(2)8-14(10-18)11-19(4)13(3)15-6-5-7-16(17)9-15/h5-7,9,12-14H,8,10-11,18H2,1-4H3. The minimum Gasteiger partial charge on any atom is -0.330 e. The maximum atomic E-state index is 6.06. The third kappa shape index (κ3) is 5.52. The molecule has 0 spiro atoms. The minimum absolute atomic E-state index is 0.361. The SMILES string of the molecule is CC(C)CC(CN)CN(C)C(C)c1cccc(Cl)c1. The Bertz CT molecular complexity index is 379. The first kappa shape index (κ1) is 16.5. The number of hydrogen-bond acceptors (Lipinski definition) is 2. The Morgan fingerprint density at radius 2 is 1.95 bits per heavy atom. The van der Waals surface area contributed by atoms with Gasteiger partial charge in [0.25, 0.3) is 0 Å². The van der Waals surface area contributed by atoms with Crippen LogP contribution in [0.2, 0.25) is 5.02 Å². The highest BCUT2D eigenvalue weighted by Crippen LogP contribution is 2.23. The van der Waals surface area contributed by atoms with E-state index < -0.39 is 0 Å². The van der Waals surface area contributed by atoms with E-state index in [1.807, 2.05) is 18.2 Å². The van der Waals surface area contributed by atoms with E-state index in [1.165, 1.54) is 12.0 Å². The van der Waals surface area contributed by atoms with Crippen LogP contribution in [0.15, 0.2) is 24.3 Å². The second kappa shape index (κ2) is 7.88. The van der Waals surface area contributed by atoms with E-state index in [9.17, 15) is 0 Å². The van der Waals surface area contributed by atoms with Gasteiger partial charge in [0.15, 0.2) is 0 Å². The summed E-state index contributed by atoms with van der Waals surface area (Å²) in [5, 5.41) is 0.801. The van der Waals surface area contributed by atoms with E-state index in [2.05, 4.69) is 38.8 Å². The second-order valence-corrected chi connectivity index (χ2v) is 6.34. The van der Waals surface area contributed by atoms with E-state index in [0.717, 1.165) is 18.1 Å². The van der Waals surface area contributed by atoms with Crippen molar-refractivity contribution in [3.05, 3.63) is 34.9 Å². The van der Waals surface area contributed by atoms with E-state index in [1.54, 1.807) is 0 Å². The highest BCUT2D eigenvalue weighted by atomic mass is 35.5. The molecule has 0 radical (unpaired) electrons. The lowest BCUT2D eigenvalue weighted by atomic mass is 9.96. The number of hydrogen-bond donors (Lipinski definition) is 1. The first-order chi connectivity index (χ1) is 8.93. The van der Waals surface area contributed by atoms with Gasteiger partial charge in [-0.05, 0) is 56.5 Å². The fraction of sp³-hybridized carbons (Fsp3) is 0.625. The lowest BCUT2D eigenvalue weighted by Gasteiger charge is -2.29. The first-order valence-electron chi connectivity index (χ1n) is 7.09. The number of rotatable bonds is 7. The molecule has 0 aliphatic heterocycles. The number of halogens is 1. The molecule has 0 heterocycles. The van der Waals surface area contributed by atoms with Crippen LogP contribution in [-0.4, -0.2) is 25.0 Å². The van der Waals surface area contributed by atoms with Crippen molar-refractivity contribution in [2.75, 3.05) is 20.1 Å². The van der Waals surface area contributed by atoms with Crippen molar-refractivity contribution in [3.63, 3.8) is 0 Å². The molecule has 2 atom stereocenters. The number of nitrogens with two attached hydrogens (primary N) is 1. The molecule has 0 saturated carbocycles. The normalized spacial score (nSPS) is 14.9. The van der Waals surface area contributed by atoms with Gasteiger partial charge in [-0.3, -0.25) is 4.90 Å². The first-order valence-corrected chi connectivity index (χ1v) is 7.47. The van der Waals surface area contributed by atoms with E-state index in [-0.39, 0.29) is 0 Å². The Morgan fingerprint density at radius 3 is 2.47 bits per heavy atom. The van der Waals surface area contributed by atoms with Crippen LogP contribution in [0, 0.1) is 11.8 Å². The van der Waals surface area contributed by atoms with Crippen LogP contribution < -0.4 is 5.73 Å². The minimum atomic E-state index is 0.361. The second-order valence-electron chi connectivity index (χ2n) is 5.90. The Balaban J connectivity index is 2.63. The molecule has 2 unspecified atom stereocenters. The Kier molecular flexibility index (Phi) is 6.84. The quantitative estimate of drug-likeness (QED) is 0.820. The van der Waals surface area contributed by atoms with Gasteiger partial charge in [0.05, 0.1) is 0 Å². The smallest absolute Gasteiger partial charge is 0.0409 e. The summed E-state index contributed by atoms with van der Waals surface area (Å²) in [5.74, 6) is 1.26. The number of nitrogens with zero attached hydrogens (tertiary/aromatic N) is 1. The summed E-state index contributed by atoms with van der Waals surface area (Å²) < 4.78 is 0. The van der Waals surface area contributed by atoms with Gasteiger partial charge in [-0.2, -0.15) is 0 Å². The van der Waals surface area contributed by atoms with Crippen molar-refractivity contribution in [2.24, 2.45) is 17.6 Å². The van der Waals surface area contributed by atoms with Gasteiger partial charge in [-0.1, -0.05) is 37.6 Å². The Morgan fingerprint density at radius 1 is 1.26 bits per heavy atom. The average molecular weight is 283 g/mol. The maximum Gasteiger partial charge on any atom is 0.0409 e. The van der Waals surface area contributed by atoms with E-state index >= 15 is 0 Å². The lowest BCUT2D eigenvalue weighted by Crippen LogP contribution is -2.32. The highest BCUT2D eigenvalue weighted by molar-refractivity contribution is 6.30. The molecule has 1 aromatic rings. The van der Waals surface area contributed by atoms with Crippen LogP contribution in [0.25, 0.3) is 0 Å². The van der Waals surface area contributed by atoms with Crippen molar-refractivity contribution in [2.45, 2.75) is 33.2 Å². The molecule has 1 rings (SSSR count). The molecular weight excluding hydrogens is 256 g/mol. The van der Waals surface area contributed by atoms with Crippen LogP contribution in [-0.2, 0) is 0 Å². The molecule has 1 aromatic carbocycles. The maximum absolute atomic E-state index is 6.06. The van der Waals surface area contributed by atoms with Crippen molar-refractivity contribution < 1.29 is 0 Å². The molecule has 2 N–H and O–H groups in total. The third-order valence-electron chi connectivity index (χ3n) is 3.68.